The molecule has 1 fully saturated rings. The summed E-state index contributed by atoms with van der Waals surface area (Å²) in [6, 6.07) is 11.5. The third kappa shape index (κ3) is 3.75. The Morgan fingerprint density at radius 1 is 1.47 bits per heavy atom. The molecule has 0 bridgehead atoms. The van der Waals surface area contributed by atoms with Crippen LogP contribution in [0.25, 0.3) is 0 Å². The van der Waals surface area contributed by atoms with E-state index in [1.807, 2.05) is 11.8 Å². The minimum absolute atomic E-state index is 0.310. The third-order valence-electron chi connectivity index (χ3n) is 3.54. The molecule has 1 saturated carbocycles. The smallest absolute Gasteiger partial charge is 0.108 e. The van der Waals surface area contributed by atoms with Crippen LogP contribution in [0.4, 0.5) is 0 Å². The summed E-state index contributed by atoms with van der Waals surface area (Å²) < 4.78 is 0. The topological polar surface area (TPSA) is 35.8 Å². The Kier molecular flexibility index (Phi) is 4.54. The minimum atomic E-state index is -0.310. The van der Waals surface area contributed by atoms with Crippen LogP contribution in [0, 0.1) is 18.3 Å². The number of nitriles is 1. The van der Waals surface area contributed by atoms with Gasteiger partial charge in [-0.05, 0) is 52.2 Å². The predicted molar refractivity (Wildman–Crippen MR) is 81.3 cm³/mol. The van der Waals surface area contributed by atoms with E-state index in [0.29, 0.717) is 11.3 Å². The van der Waals surface area contributed by atoms with Crippen LogP contribution in [0.15, 0.2) is 29.2 Å². The summed E-state index contributed by atoms with van der Waals surface area (Å²) in [5.74, 6) is 0. The van der Waals surface area contributed by atoms with Crippen LogP contribution < -0.4 is 5.32 Å². The lowest BCUT2D eigenvalue weighted by Crippen LogP contribution is -2.45. The zero-order chi connectivity index (χ0) is 13.9. The first-order chi connectivity index (χ1) is 9.03. The van der Waals surface area contributed by atoms with Gasteiger partial charge in [-0.15, -0.1) is 11.8 Å². The number of rotatable bonds is 4. The van der Waals surface area contributed by atoms with Crippen molar-refractivity contribution in [1.29, 1.82) is 5.26 Å². The molecule has 0 aromatic heterocycles. The first-order valence-electron chi connectivity index (χ1n) is 6.95. The normalized spacial score (nSPS) is 26.6. The fourth-order valence-electron chi connectivity index (χ4n) is 2.80. The molecule has 3 heteroatoms. The van der Waals surface area contributed by atoms with E-state index in [1.165, 1.54) is 10.5 Å². The molecule has 2 unspecified atom stereocenters. The van der Waals surface area contributed by atoms with Gasteiger partial charge < -0.3 is 0 Å². The quantitative estimate of drug-likeness (QED) is 0.904. The first kappa shape index (κ1) is 14.4. The first-order valence-corrected chi connectivity index (χ1v) is 7.83. The van der Waals surface area contributed by atoms with Gasteiger partial charge >= 0.3 is 0 Å². The van der Waals surface area contributed by atoms with Crippen LogP contribution in [-0.2, 0) is 0 Å². The lowest BCUT2D eigenvalue weighted by atomic mass is 9.99. The molecule has 0 amide bonds. The summed E-state index contributed by atoms with van der Waals surface area (Å²) in [6.45, 7) is 6.35. The molecule has 2 rings (SSSR count). The highest BCUT2D eigenvalue weighted by Crippen LogP contribution is 2.40. The number of nitrogens with one attached hydrogen (secondary N) is 1. The summed E-state index contributed by atoms with van der Waals surface area (Å²) in [5, 5.41) is 13.5. The van der Waals surface area contributed by atoms with Crippen molar-refractivity contribution < 1.29 is 0 Å². The van der Waals surface area contributed by atoms with Crippen LogP contribution in [0.3, 0.4) is 0 Å². The number of benzene rings is 1. The van der Waals surface area contributed by atoms with Crippen molar-refractivity contribution in [3.63, 3.8) is 0 Å². The van der Waals surface area contributed by atoms with Gasteiger partial charge in [-0.25, -0.2) is 0 Å². The second-order valence-electron chi connectivity index (χ2n) is 5.79. The van der Waals surface area contributed by atoms with E-state index in [4.69, 9.17) is 0 Å². The zero-order valence-electron chi connectivity index (χ0n) is 11.9. The summed E-state index contributed by atoms with van der Waals surface area (Å²) in [7, 11) is 0. The molecular formula is C16H22N2S. The second kappa shape index (κ2) is 5.98. The molecule has 1 aromatic carbocycles. The highest BCUT2D eigenvalue weighted by Gasteiger charge is 2.39. The van der Waals surface area contributed by atoms with Gasteiger partial charge in [0.05, 0.1) is 6.07 Å². The Balaban J connectivity index is 2.00. The van der Waals surface area contributed by atoms with E-state index in [2.05, 4.69) is 56.4 Å². The number of hydrogen-bond acceptors (Lipinski definition) is 3. The predicted octanol–water partition coefficient (Wildman–Crippen LogP) is 3.90. The van der Waals surface area contributed by atoms with Crippen molar-refractivity contribution in [3.05, 3.63) is 29.8 Å². The lowest BCUT2D eigenvalue weighted by Gasteiger charge is -2.25. The van der Waals surface area contributed by atoms with Gasteiger partial charge in [0, 0.05) is 16.2 Å². The van der Waals surface area contributed by atoms with E-state index in [1.54, 1.807) is 0 Å². The van der Waals surface area contributed by atoms with Crippen LogP contribution in [-0.4, -0.2) is 16.8 Å². The SMILES string of the molecule is Cc1cccc(SC2CCC(C#N)(NC(C)C)C2)c1. The molecule has 2 nitrogen and oxygen atoms in total. The lowest BCUT2D eigenvalue weighted by molar-refractivity contribution is 0.386. The van der Waals surface area contributed by atoms with E-state index in [-0.39, 0.29) is 5.54 Å². The van der Waals surface area contributed by atoms with Gasteiger partial charge in [-0.2, -0.15) is 5.26 Å². The zero-order valence-corrected chi connectivity index (χ0v) is 12.8. The van der Waals surface area contributed by atoms with Gasteiger partial charge in [-0.3, -0.25) is 5.32 Å². The molecule has 0 radical (unpaired) electrons. The number of hydrogen-bond donors (Lipinski definition) is 1. The van der Waals surface area contributed by atoms with Crippen LogP contribution in [0.1, 0.15) is 38.7 Å². The van der Waals surface area contributed by atoms with Gasteiger partial charge in [0.2, 0.25) is 0 Å². The molecule has 1 aliphatic rings. The van der Waals surface area contributed by atoms with Crippen molar-refractivity contribution in [3.8, 4) is 6.07 Å². The van der Waals surface area contributed by atoms with E-state index < -0.39 is 0 Å². The Labute approximate surface area is 120 Å². The fourth-order valence-corrected chi connectivity index (χ4v) is 4.20. The number of nitrogens with zero attached hydrogens (tertiary/aromatic N) is 1. The Hall–Kier alpha value is -0.980. The maximum Gasteiger partial charge on any atom is 0.108 e. The Morgan fingerprint density at radius 3 is 2.89 bits per heavy atom. The summed E-state index contributed by atoms with van der Waals surface area (Å²) >= 11 is 1.92. The maximum atomic E-state index is 9.47. The Bertz CT molecular complexity index is 478. The molecule has 102 valence electrons. The molecule has 2 atom stereocenters. The van der Waals surface area contributed by atoms with Crippen LogP contribution >= 0.6 is 11.8 Å². The summed E-state index contributed by atoms with van der Waals surface area (Å²) in [4.78, 5) is 1.32. The maximum absolute atomic E-state index is 9.47. The standard InChI is InChI=1S/C16H22N2S/c1-12(2)18-16(11-17)8-7-15(10-16)19-14-6-4-5-13(3)9-14/h4-6,9,12,15,18H,7-8,10H2,1-3H3. The largest absolute Gasteiger partial charge is 0.297 e. The fraction of sp³-hybridized carbons (Fsp3) is 0.562. The third-order valence-corrected chi connectivity index (χ3v) is 4.80. The molecule has 0 heterocycles. The van der Waals surface area contributed by atoms with Gasteiger partial charge in [-0.1, -0.05) is 17.7 Å². The molecule has 19 heavy (non-hydrogen) atoms. The average Bonchev–Trinajstić information content (AvgIpc) is 2.72. The monoisotopic (exact) mass is 274 g/mol. The van der Waals surface area contributed by atoms with Gasteiger partial charge in [0.25, 0.3) is 0 Å². The summed E-state index contributed by atoms with van der Waals surface area (Å²) in [6.07, 6.45) is 3.03. The molecule has 0 saturated heterocycles. The summed E-state index contributed by atoms with van der Waals surface area (Å²) in [5.41, 5.74) is 0.991. The van der Waals surface area contributed by atoms with Crippen molar-refractivity contribution in [2.24, 2.45) is 0 Å². The molecular weight excluding hydrogens is 252 g/mol. The minimum Gasteiger partial charge on any atom is -0.297 e. The highest BCUT2D eigenvalue weighted by molar-refractivity contribution is 8.00. The average molecular weight is 274 g/mol. The van der Waals surface area contributed by atoms with E-state index in [0.717, 1.165) is 19.3 Å². The Morgan fingerprint density at radius 2 is 2.26 bits per heavy atom. The number of aryl methyl sites for hydroxylation is 1. The van der Waals surface area contributed by atoms with Gasteiger partial charge in [0.15, 0.2) is 0 Å². The molecule has 0 spiro atoms. The van der Waals surface area contributed by atoms with Crippen molar-refractivity contribution in [2.75, 3.05) is 0 Å². The van der Waals surface area contributed by atoms with Crippen LogP contribution in [0.5, 0.6) is 0 Å². The van der Waals surface area contributed by atoms with Gasteiger partial charge in [0.1, 0.15) is 5.54 Å². The van der Waals surface area contributed by atoms with Crippen molar-refractivity contribution in [1.82, 2.24) is 5.32 Å². The molecule has 1 aromatic rings. The molecule has 0 aliphatic heterocycles. The molecule has 1 N–H and O–H groups in total. The van der Waals surface area contributed by atoms with Crippen LogP contribution in [0.2, 0.25) is 0 Å². The number of thioether (sulfide) groups is 1. The van der Waals surface area contributed by atoms with E-state index in [9.17, 15) is 5.26 Å². The highest BCUT2D eigenvalue weighted by atomic mass is 32.2. The second-order valence-corrected chi connectivity index (χ2v) is 7.17. The van der Waals surface area contributed by atoms with Crippen molar-refractivity contribution in [2.45, 2.75) is 61.8 Å². The van der Waals surface area contributed by atoms with E-state index >= 15 is 0 Å². The van der Waals surface area contributed by atoms with Crippen molar-refractivity contribution >= 4 is 11.8 Å². The molecule has 1 aliphatic carbocycles.